The molecule has 1 heterocycles. The molecule has 0 saturated carbocycles. The molecule has 1 aromatic rings. The maximum Gasteiger partial charge on any atom is 0.410 e. The van der Waals surface area contributed by atoms with E-state index < -0.39 is 17.5 Å². The molecule has 2 N–H and O–H groups in total. The van der Waals surface area contributed by atoms with Gasteiger partial charge in [-0.25, -0.2) is 14.4 Å². The zero-order valence-electron chi connectivity index (χ0n) is 20.1. The molecule has 2 rings (SSSR count). The third kappa shape index (κ3) is 9.13. The molecular weight excluding hydrogens is 426 g/mol. The summed E-state index contributed by atoms with van der Waals surface area (Å²) in [5.74, 6) is -0.805. The van der Waals surface area contributed by atoms with Crippen LogP contribution in [-0.4, -0.2) is 62.4 Å². The van der Waals surface area contributed by atoms with Crippen molar-refractivity contribution in [1.82, 2.24) is 10.2 Å². The normalized spacial score (nSPS) is 15.1. The number of likely N-dealkylation sites (tertiary alicyclic amines) is 1. The smallest absolute Gasteiger partial charge is 0.410 e. The van der Waals surface area contributed by atoms with E-state index >= 15 is 0 Å². The predicted octanol–water partition coefficient (Wildman–Crippen LogP) is 3.07. The van der Waals surface area contributed by atoms with Gasteiger partial charge < -0.3 is 29.7 Å². The number of benzene rings is 1. The van der Waals surface area contributed by atoms with Crippen LogP contribution in [0.1, 0.15) is 39.2 Å². The number of esters is 2. The van der Waals surface area contributed by atoms with Crippen molar-refractivity contribution in [2.75, 3.05) is 39.2 Å². The van der Waals surface area contributed by atoms with E-state index in [0.717, 1.165) is 31.0 Å². The van der Waals surface area contributed by atoms with Gasteiger partial charge in [-0.3, -0.25) is 0 Å². The molecule has 0 unspecified atom stereocenters. The van der Waals surface area contributed by atoms with E-state index in [2.05, 4.69) is 20.1 Å². The summed E-state index contributed by atoms with van der Waals surface area (Å²) in [7, 11) is 2.48. The third-order valence-corrected chi connectivity index (χ3v) is 5.13. The Hall–Kier alpha value is -3.07. The molecular formula is C24H35N3O6. The Morgan fingerprint density at radius 2 is 1.70 bits per heavy atom. The molecule has 0 aromatic heterocycles. The van der Waals surface area contributed by atoms with Gasteiger partial charge in [0.05, 0.1) is 20.3 Å². The first-order valence-corrected chi connectivity index (χ1v) is 11.0. The number of nitrogens with zero attached hydrogens (tertiary/aromatic N) is 1. The summed E-state index contributed by atoms with van der Waals surface area (Å²) in [6.07, 6.45) is 2.70. The van der Waals surface area contributed by atoms with Crippen molar-refractivity contribution in [3.63, 3.8) is 0 Å². The van der Waals surface area contributed by atoms with Crippen LogP contribution in [0.15, 0.2) is 36.0 Å². The molecule has 9 nitrogen and oxygen atoms in total. The molecule has 0 radical (unpaired) electrons. The number of amides is 1. The summed E-state index contributed by atoms with van der Waals surface area (Å²) in [4.78, 5) is 37.3. The third-order valence-electron chi connectivity index (χ3n) is 5.13. The fourth-order valence-electron chi connectivity index (χ4n) is 3.36. The van der Waals surface area contributed by atoms with Gasteiger partial charge in [0, 0.05) is 25.3 Å². The Kier molecular flexibility index (Phi) is 9.72. The van der Waals surface area contributed by atoms with E-state index in [-0.39, 0.29) is 11.8 Å². The maximum absolute atomic E-state index is 12.2. The van der Waals surface area contributed by atoms with Crippen LogP contribution in [0.5, 0.6) is 0 Å². The molecule has 9 heteroatoms. The number of ether oxygens (including phenoxy) is 3. The highest BCUT2D eigenvalue weighted by molar-refractivity contribution is 5.98. The Balaban J connectivity index is 1.77. The van der Waals surface area contributed by atoms with Gasteiger partial charge in [-0.1, -0.05) is 12.1 Å². The zero-order chi connectivity index (χ0) is 24.4. The van der Waals surface area contributed by atoms with Crippen molar-refractivity contribution < 1.29 is 28.6 Å². The Labute approximate surface area is 195 Å². The summed E-state index contributed by atoms with van der Waals surface area (Å²) >= 11 is 0. The number of methoxy groups -OCH3 is 2. The van der Waals surface area contributed by atoms with Gasteiger partial charge in [0.1, 0.15) is 11.3 Å². The van der Waals surface area contributed by atoms with E-state index in [4.69, 9.17) is 4.74 Å². The number of piperidine rings is 1. The van der Waals surface area contributed by atoms with Gasteiger partial charge in [-0.2, -0.15) is 0 Å². The topological polar surface area (TPSA) is 106 Å². The second kappa shape index (κ2) is 12.2. The standard InChI is InChI=1S/C24H35N3O6/c1-24(2,3)33-23(30)27-12-10-18(11-13-27)16-25-15-17-6-8-19(9-7-17)26-20(22(29)32-5)14-21(28)31-4/h6-9,14,18,25-26H,10-13,15-16H2,1-5H3/b20-14+. The molecule has 0 spiro atoms. The lowest BCUT2D eigenvalue weighted by molar-refractivity contribution is -0.138. The molecule has 1 aliphatic rings. The minimum absolute atomic E-state index is 0.00653. The molecule has 182 valence electrons. The summed E-state index contributed by atoms with van der Waals surface area (Å²) < 4.78 is 14.7. The largest absolute Gasteiger partial charge is 0.466 e. The molecule has 1 aromatic carbocycles. The van der Waals surface area contributed by atoms with Crippen LogP contribution in [0.25, 0.3) is 0 Å². The summed E-state index contributed by atoms with van der Waals surface area (Å²) in [6, 6.07) is 7.52. The minimum Gasteiger partial charge on any atom is -0.466 e. The number of hydrogen-bond donors (Lipinski definition) is 2. The first-order valence-electron chi connectivity index (χ1n) is 11.0. The van der Waals surface area contributed by atoms with Crippen molar-refractivity contribution in [2.24, 2.45) is 5.92 Å². The first kappa shape index (κ1) is 26.2. The highest BCUT2D eigenvalue weighted by atomic mass is 16.6. The lowest BCUT2D eigenvalue weighted by Crippen LogP contribution is -2.43. The first-order chi connectivity index (χ1) is 15.6. The van der Waals surface area contributed by atoms with Gasteiger partial charge in [0.25, 0.3) is 0 Å². The van der Waals surface area contributed by atoms with Crippen LogP contribution in [0.4, 0.5) is 10.5 Å². The van der Waals surface area contributed by atoms with Crippen molar-refractivity contribution in [3.8, 4) is 0 Å². The highest BCUT2D eigenvalue weighted by Crippen LogP contribution is 2.19. The SMILES string of the molecule is COC(=O)/C=C(/Nc1ccc(CNCC2CCN(C(=O)OC(C)(C)C)CC2)cc1)C(=O)OC. The average Bonchev–Trinajstić information content (AvgIpc) is 2.78. The van der Waals surface area contributed by atoms with E-state index in [1.807, 2.05) is 45.0 Å². The molecule has 1 fully saturated rings. The van der Waals surface area contributed by atoms with E-state index in [1.165, 1.54) is 14.2 Å². The van der Waals surface area contributed by atoms with Gasteiger partial charge in [-0.15, -0.1) is 0 Å². The summed E-state index contributed by atoms with van der Waals surface area (Å²) in [5.41, 5.74) is 1.25. The van der Waals surface area contributed by atoms with E-state index in [0.29, 0.717) is 31.2 Å². The number of nitrogens with one attached hydrogen (secondary N) is 2. The predicted molar refractivity (Wildman–Crippen MR) is 124 cm³/mol. The van der Waals surface area contributed by atoms with Crippen molar-refractivity contribution >= 4 is 23.7 Å². The fourth-order valence-corrected chi connectivity index (χ4v) is 3.36. The maximum atomic E-state index is 12.2. The van der Waals surface area contributed by atoms with Crippen molar-refractivity contribution in [1.29, 1.82) is 0 Å². The minimum atomic E-state index is -0.663. The molecule has 0 bridgehead atoms. The van der Waals surface area contributed by atoms with Crippen LogP contribution >= 0.6 is 0 Å². The van der Waals surface area contributed by atoms with E-state index in [1.54, 1.807) is 4.90 Å². The Bertz CT molecular complexity index is 837. The number of rotatable bonds is 8. The molecule has 1 aliphatic heterocycles. The monoisotopic (exact) mass is 461 g/mol. The molecule has 0 atom stereocenters. The number of hydrogen-bond acceptors (Lipinski definition) is 8. The lowest BCUT2D eigenvalue weighted by atomic mass is 9.97. The lowest BCUT2D eigenvalue weighted by Gasteiger charge is -2.33. The van der Waals surface area contributed by atoms with Crippen LogP contribution in [0, 0.1) is 5.92 Å². The average molecular weight is 462 g/mol. The Morgan fingerprint density at radius 1 is 1.06 bits per heavy atom. The number of carbonyl (C=O) groups excluding carboxylic acids is 3. The quantitative estimate of drug-likeness (QED) is 0.346. The van der Waals surface area contributed by atoms with Crippen molar-refractivity contribution in [3.05, 3.63) is 41.6 Å². The van der Waals surface area contributed by atoms with Crippen molar-refractivity contribution in [2.45, 2.75) is 45.8 Å². The molecule has 1 amide bonds. The molecule has 0 aliphatic carbocycles. The molecule has 1 saturated heterocycles. The van der Waals surface area contributed by atoms with Gasteiger partial charge in [-0.05, 0) is 63.8 Å². The van der Waals surface area contributed by atoms with Gasteiger partial charge in [0.15, 0.2) is 0 Å². The second-order valence-electron chi connectivity index (χ2n) is 8.94. The van der Waals surface area contributed by atoms with Crippen LogP contribution in [-0.2, 0) is 30.3 Å². The summed E-state index contributed by atoms with van der Waals surface area (Å²) in [6.45, 7) is 8.63. The van der Waals surface area contributed by atoms with E-state index in [9.17, 15) is 14.4 Å². The second-order valence-corrected chi connectivity index (χ2v) is 8.94. The number of anilines is 1. The summed E-state index contributed by atoms with van der Waals surface area (Å²) in [5, 5.41) is 6.35. The van der Waals surface area contributed by atoms with Crippen LogP contribution < -0.4 is 10.6 Å². The number of carbonyl (C=O) groups is 3. The Morgan fingerprint density at radius 3 is 2.24 bits per heavy atom. The van der Waals surface area contributed by atoms with Crippen LogP contribution in [0.2, 0.25) is 0 Å². The van der Waals surface area contributed by atoms with Gasteiger partial charge in [0.2, 0.25) is 0 Å². The van der Waals surface area contributed by atoms with Crippen LogP contribution in [0.3, 0.4) is 0 Å². The zero-order valence-corrected chi connectivity index (χ0v) is 20.1. The highest BCUT2D eigenvalue weighted by Gasteiger charge is 2.26. The fraction of sp³-hybridized carbons (Fsp3) is 0.542. The van der Waals surface area contributed by atoms with Gasteiger partial charge >= 0.3 is 18.0 Å². The molecule has 33 heavy (non-hydrogen) atoms.